The molecule has 0 radical (unpaired) electrons. The summed E-state index contributed by atoms with van der Waals surface area (Å²) in [5, 5.41) is -0.248. The Morgan fingerprint density at radius 2 is 2.27 bits per heavy atom. The van der Waals surface area contributed by atoms with Gasteiger partial charge in [-0.2, -0.15) is 0 Å². The summed E-state index contributed by atoms with van der Waals surface area (Å²) in [4.78, 5) is 10.7. The van der Waals surface area contributed by atoms with Crippen molar-refractivity contribution in [3.05, 3.63) is 0 Å². The van der Waals surface area contributed by atoms with Gasteiger partial charge in [0.05, 0.1) is 0 Å². The molecule has 0 aromatic carbocycles. The minimum Gasteiger partial charge on any atom is -0.281 e. The van der Waals surface area contributed by atoms with E-state index in [1.807, 2.05) is 6.92 Å². The second kappa shape index (κ2) is 6.24. The number of halogens is 1. The molecule has 0 rings (SSSR count). The predicted molar refractivity (Wildman–Crippen MR) is 47.3 cm³/mol. The molecular weight excluding hydrogens is 160 g/mol. The molecule has 0 aromatic heterocycles. The van der Waals surface area contributed by atoms with Crippen molar-refractivity contribution in [1.29, 1.82) is 0 Å². The summed E-state index contributed by atoms with van der Waals surface area (Å²) in [6.07, 6.45) is 8.27. The largest absolute Gasteiger partial charge is 0.281 e. The summed E-state index contributed by atoms with van der Waals surface area (Å²) in [5.41, 5.74) is 0. The van der Waals surface area contributed by atoms with Gasteiger partial charge in [-0.3, -0.25) is 4.79 Å². The zero-order valence-corrected chi connectivity index (χ0v) is 7.53. The van der Waals surface area contributed by atoms with Crippen LogP contribution in [0.2, 0.25) is 0 Å². The van der Waals surface area contributed by atoms with Crippen molar-refractivity contribution in [3.8, 4) is 12.3 Å². The van der Waals surface area contributed by atoms with Crippen LogP contribution in [-0.2, 0) is 4.79 Å². The van der Waals surface area contributed by atoms with Gasteiger partial charge in [0.1, 0.15) is 0 Å². The van der Waals surface area contributed by atoms with Gasteiger partial charge in [0, 0.05) is 12.3 Å². The first-order valence-electron chi connectivity index (χ1n) is 3.85. The maximum atomic E-state index is 10.7. The number of terminal acetylenes is 1. The molecule has 0 amide bonds. The van der Waals surface area contributed by atoms with Gasteiger partial charge in [-0.1, -0.05) is 13.3 Å². The van der Waals surface area contributed by atoms with Crippen LogP contribution in [-0.4, -0.2) is 5.24 Å². The molecule has 0 fully saturated rings. The van der Waals surface area contributed by atoms with Crippen LogP contribution in [0.1, 0.15) is 32.6 Å². The Morgan fingerprint density at radius 3 is 2.64 bits per heavy atom. The summed E-state index contributed by atoms with van der Waals surface area (Å²) in [6, 6.07) is 0. The summed E-state index contributed by atoms with van der Waals surface area (Å²) in [6.45, 7) is 2.03. The van der Waals surface area contributed by atoms with Crippen molar-refractivity contribution in [1.82, 2.24) is 0 Å². The lowest BCUT2D eigenvalue weighted by molar-refractivity contribution is -0.115. The number of carbonyl (C=O) groups is 1. The van der Waals surface area contributed by atoms with Crippen LogP contribution in [0.5, 0.6) is 0 Å². The highest BCUT2D eigenvalue weighted by molar-refractivity contribution is 6.63. The Balaban J connectivity index is 3.71. The van der Waals surface area contributed by atoms with Gasteiger partial charge >= 0.3 is 0 Å². The van der Waals surface area contributed by atoms with E-state index in [-0.39, 0.29) is 11.2 Å². The van der Waals surface area contributed by atoms with Crippen molar-refractivity contribution in [2.75, 3.05) is 0 Å². The molecule has 0 aliphatic carbocycles. The average molecular weight is 173 g/mol. The smallest absolute Gasteiger partial charge is 0.224 e. The highest BCUT2D eigenvalue weighted by atomic mass is 35.5. The monoisotopic (exact) mass is 172 g/mol. The number of carbonyl (C=O) groups excluding carboxylic acids is 1. The van der Waals surface area contributed by atoms with Crippen molar-refractivity contribution in [2.45, 2.75) is 32.6 Å². The zero-order chi connectivity index (χ0) is 8.69. The fourth-order valence-corrected chi connectivity index (χ4v) is 1.20. The van der Waals surface area contributed by atoms with E-state index in [1.165, 1.54) is 0 Å². The van der Waals surface area contributed by atoms with Crippen LogP contribution in [0.4, 0.5) is 0 Å². The summed E-state index contributed by atoms with van der Waals surface area (Å²) >= 11 is 5.35. The van der Waals surface area contributed by atoms with E-state index in [1.54, 1.807) is 0 Å². The Bertz CT molecular complexity index is 157. The van der Waals surface area contributed by atoms with Gasteiger partial charge in [0.25, 0.3) is 0 Å². The Labute approximate surface area is 73.1 Å². The summed E-state index contributed by atoms with van der Waals surface area (Å²) < 4.78 is 0. The molecule has 0 heterocycles. The molecule has 62 valence electrons. The topological polar surface area (TPSA) is 17.1 Å². The SMILES string of the molecule is C#CCCC(CCC)C(=O)Cl. The van der Waals surface area contributed by atoms with E-state index in [0.717, 1.165) is 19.3 Å². The van der Waals surface area contributed by atoms with Crippen LogP contribution in [0.15, 0.2) is 0 Å². The predicted octanol–water partition coefficient (Wildman–Crippen LogP) is 2.58. The van der Waals surface area contributed by atoms with E-state index >= 15 is 0 Å². The third-order valence-electron chi connectivity index (χ3n) is 1.60. The molecular formula is C9H13ClO. The van der Waals surface area contributed by atoms with E-state index in [2.05, 4.69) is 5.92 Å². The molecule has 0 aliphatic heterocycles. The Hall–Kier alpha value is -0.480. The van der Waals surface area contributed by atoms with E-state index in [9.17, 15) is 4.79 Å². The van der Waals surface area contributed by atoms with Crippen molar-refractivity contribution >= 4 is 16.8 Å². The summed E-state index contributed by atoms with van der Waals surface area (Å²) in [7, 11) is 0. The minimum atomic E-state index is -0.248. The van der Waals surface area contributed by atoms with Crippen LogP contribution < -0.4 is 0 Å². The molecule has 11 heavy (non-hydrogen) atoms. The molecule has 0 N–H and O–H groups in total. The molecule has 0 bridgehead atoms. The average Bonchev–Trinajstić information content (AvgIpc) is 1.97. The van der Waals surface area contributed by atoms with Crippen LogP contribution in [0, 0.1) is 18.3 Å². The van der Waals surface area contributed by atoms with Crippen LogP contribution in [0.3, 0.4) is 0 Å². The minimum absolute atomic E-state index is 0.0299. The summed E-state index contributed by atoms with van der Waals surface area (Å²) in [5.74, 6) is 2.47. The van der Waals surface area contributed by atoms with Gasteiger partial charge < -0.3 is 0 Å². The number of rotatable bonds is 5. The van der Waals surface area contributed by atoms with Gasteiger partial charge in [-0.05, 0) is 24.4 Å². The molecule has 0 spiro atoms. The molecule has 0 aliphatic rings. The van der Waals surface area contributed by atoms with Crippen molar-refractivity contribution < 1.29 is 4.79 Å². The fraction of sp³-hybridized carbons (Fsp3) is 0.667. The van der Waals surface area contributed by atoms with Gasteiger partial charge in [0.15, 0.2) is 0 Å². The third-order valence-corrected chi connectivity index (χ3v) is 1.90. The normalized spacial score (nSPS) is 12.1. The highest BCUT2D eigenvalue weighted by Gasteiger charge is 2.13. The fourth-order valence-electron chi connectivity index (χ4n) is 0.977. The van der Waals surface area contributed by atoms with Gasteiger partial charge in [-0.15, -0.1) is 12.3 Å². The molecule has 0 saturated heterocycles. The maximum Gasteiger partial charge on any atom is 0.224 e. The van der Waals surface area contributed by atoms with Crippen LogP contribution >= 0.6 is 11.6 Å². The van der Waals surface area contributed by atoms with Gasteiger partial charge in [-0.25, -0.2) is 0 Å². The number of hydrogen-bond donors (Lipinski definition) is 0. The highest BCUT2D eigenvalue weighted by Crippen LogP contribution is 2.15. The second-order valence-electron chi connectivity index (χ2n) is 2.53. The lowest BCUT2D eigenvalue weighted by atomic mass is 10.00. The van der Waals surface area contributed by atoms with E-state index in [0.29, 0.717) is 6.42 Å². The molecule has 1 nitrogen and oxygen atoms in total. The zero-order valence-electron chi connectivity index (χ0n) is 6.77. The molecule has 1 atom stereocenters. The van der Waals surface area contributed by atoms with E-state index < -0.39 is 0 Å². The Kier molecular flexibility index (Phi) is 5.97. The van der Waals surface area contributed by atoms with Crippen LogP contribution in [0.25, 0.3) is 0 Å². The first-order valence-corrected chi connectivity index (χ1v) is 4.23. The molecule has 2 heteroatoms. The van der Waals surface area contributed by atoms with Gasteiger partial charge in [0.2, 0.25) is 5.24 Å². The first kappa shape index (κ1) is 10.5. The van der Waals surface area contributed by atoms with E-state index in [4.69, 9.17) is 18.0 Å². The third kappa shape index (κ3) is 4.86. The first-order chi connectivity index (χ1) is 5.22. The second-order valence-corrected chi connectivity index (χ2v) is 2.91. The standard InChI is InChI=1S/C9H13ClO/c1-3-5-7-8(6-4-2)9(10)11/h1,8H,4-7H2,2H3. The lowest BCUT2D eigenvalue weighted by Gasteiger charge is -2.07. The van der Waals surface area contributed by atoms with Crippen molar-refractivity contribution in [2.24, 2.45) is 5.92 Å². The lowest BCUT2D eigenvalue weighted by Crippen LogP contribution is -2.07. The molecule has 1 unspecified atom stereocenters. The number of hydrogen-bond acceptors (Lipinski definition) is 1. The Morgan fingerprint density at radius 1 is 1.64 bits per heavy atom. The van der Waals surface area contributed by atoms with Crippen molar-refractivity contribution in [3.63, 3.8) is 0 Å². The molecule has 0 saturated carbocycles. The molecule has 0 aromatic rings. The maximum absolute atomic E-state index is 10.7. The quantitative estimate of drug-likeness (QED) is 0.460.